The number of fused-ring (bicyclic) bond motifs is 2. The minimum atomic E-state index is 0.0477. The van der Waals surface area contributed by atoms with Crippen molar-refractivity contribution in [3.05, 3.63) is 57.3 Å². The fourth-order valence-corrected chi connectivity index (χ4v) is 3.25. The molecule has 1 unspecified atom stereocenters. The Hall–Kier alpha value is -2.10. The van der Waals surface area contributed by atoms with Crippen LogP contribution in [0.4, 0.5) is 0 Å². The summed E-state index contributed by atoms with van der Waals surface area (Å²) in [6, 6.07) is 8.02. The van der Waals surface area contributed by atoms with E-state index in [4.69, 9.17) is 9.72 Å². The number of aromatic amines is 1. The van der Waals surface area contributed by atoms with Gasteiger partial charge in [0.2, 0.25) is 0 Å². The summed E-state index contributed by atoms with van der Waals surface area (Å²) in [7, 11) is 0. The van der Waals surface area contributed by atoms with Crippen LogP contribution in [0, 0.1) is 0 Å². The molecule has 0 radical (unpaired) electrons. The molecule has 0 saturated heterocycles. The van der Waals surface area contributed by atoms with Gasteiger partial charge in [-0.25, -0.2) is 4.98 Å². The number of H-pyrrole nitrogens is 1. The second-order valence-electron chi connectivity index (χ2n) is 5.46. The number of aromatic nitrogens is 2. The predicted molar refractivity (Wildman–Crippen MR) is 75.3 cm³/mol. The SMILES string of the molecule is O=c1[nH]c(C2CCOc3ccccc32)nc2c1CCC2. The van der Waals surface area contributed by atoms with Crippen molar-refractivity contribution < 1.29 is 4.74 Å². The lowest BCUT2D eigenvalue weighted by Crippen LogP contribution is -2.23. The number of rotatable bonds is 1. The second kappa shape index (κ2) is 4.47. The molecular weight excluding hydrogens is 252 g/mol. The maximum Gasteiger partial charge on any atom is 0.254 e. The van der Waals surface area contributed by atoms with Crippen molar-refractivity contribution >= 4 is 0 Å². The zero-order valence-corrected chi connectivity index (χ0v) is 11.2. The molecule has 4 nitrogen and oxygen atoms in total. The first-order valence-corrected chi connectivity index (χ1v) is 7.16. The number of hydrogen-bond acceptors (Lipinski definition) is 3. The van der Waals surface area contributed by atoms with Gasteiger partial charge >= 0.3 is 0 Å². The van der Waals surface area contributed by atoms with Gasteiger partial charge in [0.15, 0.2) is 0 Å². The fourth-order valence-electron chi connectivity index (χ4n) is 3.25. The minimum absolute atomic E-state index is 0.0477. The monoisotopic (exact) mass is 268 g/mol. The summed E-state index contributed by atoms with van der Waals surface area (Å²) in [6.45, 7) is 0.669. The molecule has 0 bridgehead atoms. The van der Waals surface area contributed by atoms with E-state index >= 15 is 0 Å². The quantitative estimate of drug-likeness (QED) is 0.862. The fraction of sp³-hybridized carbons (Fsp3) is 0.375. The maximum atomic E-state index is 12.2. The van der Waals surface area contributed by atoms with Crippen LogP contribution in [0.25, 0.3) is 0 Å². The number of ether oxygens (including phenoxy) is 1. The summed E-state index contributed by atoms with van der Waals surface area (Å²) < 4.78 is 5.68. The van der Waals surface area contributed by atoms with Crippen LogP contribution in [0.1, 0.15) is 41.4 Å². The molecule has 4 rings (SSSR count). The number of benzene rings is 1. The maximum absolute atomic E-state index is 12.2. The van der Waals surface area contributed by atoms with Crippen molar-refractivity contribution in [1.82, 2.24) is 9.97 Å². The molecule has 102 valence electrons. The molecule has 0 fully saturated rings. The molecule has 1 aromatic carbocycles. The molecule has 2 heterocycles. The summed E-state index contributed by atoms with van der Waals surface area (Å²) in [5.41, 5.74) is 3.05. The van der Waals surface area contributed by atoms with Crippen LogP contribution in [-0.2, 0) is 12.8 Å². The van der Waals surface area contributed by atoms with E-state index in [0.717, 1.165) is 54.1 Å². The molecule has 0 spiro atoms. The lowest BCUT2D eigenvalue weighted by atomic mass is 9.92. The molecule has 1 atom stereocenters. The average Bonchev–Trinajstić information content (AvgIpc) is 2.95. The van der Waals surface area contributed by atoms with Gasteiger partial charge < -0.3 is 9.72 Å². The van der Waals surface area contributed by atoms with Crippen molar-refractivity contribution in [2.24, 2.45) is 0 Å². The van der Waals surface area contributed by atoms with Crippen molar-refractivity contribution in [3.8, 4) is 5.75 Å². The largest absolute Gasteiger partial charge is 0.493 e. The lowest BCUT2D eigenvalue weighted by molar-refractivity contribution is 0.274. The van der Waals surface area contributed by atoms with Crippen molar-refractivity contribution in [3.63, 3.8) is 0 Å². The average molecular weight is 268 g/mol. The Morgan fingerprint density at radius 2 is 2.15 bits per heavy atom. The highest BCUT2D eigenvalue weighted by Crippen LogP contribution is 2.36. The molecule has 1 aliphatic heterocycles. The van der Waals surface area contributed by atoms with E-state index in [2.05, 4.69) is 11.1 Å². The first-order chi connectivity index (χ1) is 9.83. The molecular formula is C16H16N2O2. The molecule has 4 heteroatoms. The van der Waals surface area contributed by atoms with E-state index in [0.29, 0.717) is 6.61 Å². The highest BCUT2D eigenvalue weighted by molar-refractivity contribution is 5.41. The third-order valence-electron chi connectivity index (χ3n) is 4.25. The van der Waals surface area contributed by atoms with Gasteiger partial charge in [-0.2, -0.15) is 0 Å². The van der Waals surface area contributed by atoms with Crippen LogP contribution in [0.15, 0.2) is 29.1 Å². The first-order valence-electron chi connectivity index (χ1n) is 7.16. The van der Waals surface area contributed by atoms with E-state index in [1.165, 1.54) is 0 Å². The summed E-state index contributed by atoms with van der Waals surface area (Å²) in [5, 5.41) is 0. The zero-order chi connectivity index (χ0) is 13.5. The highest BCUT2D eigenvalue weighted by Gasteiger charge is 2.26. The van der Waals surface area contributed by atoms with Crippen LogP contribution in [0.2, 0.25) is 0 Å². The van der Waals surface area contributed by atoms with Crippen LogP contribution in [-0.4, -0.2) is 16.6 Å². The van der Waals surface area contributed by atoms with Crippen molar-refractivity contribution in [2.45, 2.75) is 31.6 Å². The molecule has 2 aromatic rings. The molecule has 0 saturated carbocycles. The van der Waals surface area contributed by atoms with Crippen LogP contribution in [0.3, 0.4) is 0 Å². The van der Waals surface area contributed by atoms with E-state index in [1.54, 1.807) is 0 Å². The zero-order valence-electron chi connectivity index (χ0n) is 11.2. The molecule has 1 aromatic heterocycles. The number of hydrogen-bond donors (Lipinski definition) is 1. The summed E-state index contributed by atoms with van der Waals surface area (Å²) in [6.07, 6.45) is 3.69. The van der Waals surface area contributed by atoms with Gasteiger partial charge in [-0.3, -0.25) is 4.79 Å². The van der Waals surface area contributed by atoms with Crippen LogP contribution < -0.4 is 10.3 Å². The van der Waals surface area contributed by atoms with Gasteiger partial charge in [0.1, 0.15) is 11.6 Å². The number of nitrogens with one attached hydrogen (secondary N) is 1. The summed E-state index contributed by atoms with van der Waals surface area (Å²) >= 11 is 0. The number of nitrogens with zero attached hydrogens (tertiary/aromatic N) is 1. The third-order valence-corrected chi connectivity index (χ3v) is 4.25. The standard InChI is InChI=1S/C16H16N2O2/c19-16-12-5-3-6-13(12)17-15(18-16)11-8-9-20-14-7-2-1-4-10(11)14/h1-2,4,7,11H,3,5-6,8-9H2,(H,17,18,19). The molecule has 2 aliphatic rings. The van der Waals surface area contributed by atoms with Crippen LogP contribution in [0.5, 0.6) is 5.75 Å². The van der Waals surface area contributed by atoms with Gasteiger partial charge in [-0.15, -0.1) is 0 Å². The summed E-state index contributed by atoms with van der Waals surface area (Å²) in [4.78, 5) is 19.9. The lowest BCUT2D eigenvalue weighted by Gasteiger charge is -2.25. The second-order valence-corrected chi connectivity index (χ2v) is 5.46. The van der Waals surface area contributed by atoms with E-state index in [9.17, 15) is 4.79 Å². The van der Waals surface area contributed by atoms with Crippen molar-refractivity contribution in [2.75, 3.05) is 6.61 Å². The Morgan fingerprint density at radius 1 is 1.25 bits per heavy atom. The van der Waals surface area contributed by atoms with Gasteiger partial charge in [0.05, 0.1) is 12.3 Å². The van der Waals surface area contributed by atoms with Crippen LogP contribution >= 0.6 is 0 Å². The highest BCUT2D eigenvalue weighted by atomic mass is 16.5. The molecule has 20 heavy (non-hydrogen) atoms. The normalized spacial score (nSPS) is 20.1. The van der Waals surface area contributed by atoms with Gasteiger partial charge in [0.25, 0.3) is 5.56 Å². The number of para-hydroxylation sites is 1. The molecule has 1 aliphatic carbocycles. The third kappa shape index (κ3) is 1.75. The minimum Gasteiger partial charge on any atom is -0.493 e. The van der Waals surface area contributed by atoms with E-state index < -0.39 is 0 Å². The summed E-state index contributed by atoms with van der Waals surface area (Å²) in [5.74, 6) is 1.84. The Labute approximate surface area is 116 Å². The van der Waals surface area contributed by atoms with Crippen molar-refractivity contribution in [1.29, 1.82) is 0 Å². The topological polar surface area (TPSA) is 55.0 Å². The number of aryl methyl sites for hydroxylation is 1. The van der Waals surface area contributed by atoms with E-state index in [-0.39, 0.29) is 11.5 Å². The van der Waals surface area contributed by atoms with Gasteiger partial charge in [-0.05, 0) is 31.7 Å². The van der Waals surface area contributed by atoms with Gasteiger partial charge in [0, 0.05) is 17.0 Å². The Balaban J connectivity index is 1.83. The predicted octanol–water partition coefficient (Wildman–Crippen LogP) is 2.17. The smallest absolute Gasteiger partial charge is 0.254 e. The molecule has 1 N–H and O–H groups in total. The Morgan fingerprint density at radius 3 is 3.10 bits per heavy atom. The molecule has 0 amide bonds. The Kier molecular flexibility index (Phi) is 2.62. The Bertz CT molecular complexity index is 721. The van der Waals surface area contributed by atoms with Gasteiger partial charge in [-0.1, -0.05) is 18.2 Å². The first kappa shape index (κ1) is 11.7. The van der Waals surface area contributed by atoms with E-state index in [1.807, 2.05) is 18.2 Å².